The fourth-order valence-corrected chi connectivity index (χ4v) is 2.86. The molecule has 0 radical (unpaired) electrons. The zero-order valence-corrected chi connectivity index (χ0v) is 15.3. The molecule has 0 aliphatic rings. The predicted octanol–water partition coefficient (Wildman–Crippen LogP) is 2.90. The Balaban J connectivity index is 1.71. The van der Waals surface area contributed by atoms with Crippen molar-refractivity contribution in [3.05, 3.63) is 52.7 Å². The molecule has 2 aromatic heterocycles. The van der Waals surface area contributed by atoms with Gasteiger partial charge in [0.15, 0.2) is 0 Å². The van der Waals surface area contributed by atoms with Crippen LogP contribution >= 0.6 is 0 Å². The van der Waals surface area contributed by atoms with E-state index in [9.17, 15) is 9.59 Å². The van der Waals surface area contributed by atoms with Crippen molar-refractivity contribution in [1.82, 2.24) is 19.3 Å². The standard InChI is InChI=1S/C19H23N5O2/c1-4-14(3)24-16(8-10-21-24)22-17(25)9-11-23-12-20-18-13(2)6-5-7-15(18)19(23)26/h5-8,10,12,14H,4,9,11H2,1-3H3,(H,22,25). The smallest absolute Gasteiger partial charge is 0.261 e. The first-order valence-corrected chi connectivity index (χ1v) is 8.79. The highest BCUT2D eigenvalue weighted by molar-refractivity contribution is 5.89. The molecule has 0 fully saturated rings. The van der Waals surface area contributed by atoms with E-state index in [1.54, 1.807) is 23.0 Å². The number of nitrogens with zero attached hydrogens (tertiary/aromatic N) is 4. The van der Waals surface area contributed by atoms with Gasteiger partial charge in [0.25, 0.3) is 5.56 Å². The molecule has 3 aromatic rings. The van der Waals surface area contributed by atoms with Crippen molar-refractivity contribution in [3.8, 4) is 0 Å². The van der Waals surface area contributed by atoms with Crippen molar-refractivity contribution in [2.24, 2.45) is 0 Å². The van der Waals surface area contributed by atoms with E-state index in [1.807, 2.05) is 26.0 Å². The number of rotatable bonds is 6. The third-order valence-electron chi connectivity index (χ3n) is 4.58. The summed E-state index contributed by atoms with van der Waals surface area (Å²) in [4.78, 5) is 29.2. The molecular weight excluding hydrogens is 330 g/mol. The average Bonchev–Trinajstić information content (AvgIpc) is 3.09. The maximum Gasteiger partial charge on any atom is 0.261 e. The van der Waals surface area contributed by atoms with Crippen LogP contribution in [0.2, 0.25) is 0 Å². The molecule has 1 N–H and O–H groups in total. The van der Waals surface area contributed by atoms with E-state index in [1.165, 1.54) is 10.9 Å². The van der Waals surface area contributed by atoms with Crippen molar-refractivity contribution in [3.63, 3.8) is 0 Å². The molecule has 0 bridgehead atoms. The number of aromatic nitrogens is 4. The molecule has 1 aromatic carbocycles. The molecule has 0 saturated heterocycles. The first-order valence-electron chi connectivity index (χ1n) is 8.79. The van der Waals surface area contributed by atoms with Crippen LogP contribution in [0.4, 0.5) is 5.82 Å². The number of amides is 1. The van der Waals surface area contributed by atoms with Crippen molar-refractivity contribution in [1.29, 1.82) is 0 Å². The Bertz CT molecular complexity index is 989. The van der Waals surface area contributed by atoms with Crippen LogP contribution in [-0.4, -0.2) is 25.2 Å². The van der Waals surface area contributed by atoms with Crippen LogP contribution < -0.4 is 10.9 Å². The number of fused-ring (bicyclic) bond motifs is 1. The Morgan fingerprint density at radius 1 is 1.31 bits per heavy atom. The summed E-state index contributed by atoms with van der Waals surface area (Å²) in [5.74, 6) is 0.509. The minimum Gasteiger partial charge on any atom is -0.311 e. The quantitative estimate of drug-likeness (QED) is 0.739. The summed E-state index contributed by atoms with van der Waals surface area (Å²) in [6, 6.07) is 7.51. The minimum absolute atomic E-state index is 0.129. The SMILES string of the molecule is CCC(C)n1nccc1NC(=O)CCn1cnc2c(C)cccc2c1=O. The molecule has 3 rings (SSSR count). The highest BCUT2D eigenvalue weighted by atomic mass is 16.2. The van der Waals surface area contributed by atoms with Crippen molar-refractivity contribution in [2.75, 3.05) is 5.32 Å². The molecule has 7 heteroatoms. The Hall–Kier alpha value is -2.96. The van der Waals surface area contributed by atoms with Gasteiger partial charge >= 0.3 is 0 Å². The van der Waals surface area contributed by atoms with Gasteiger partial charge in [-0.25, -0.2) is 9.67 Å². The number of nitrogens with one attached hydrogen (secondary N) is 1. The number of carbonyl (C=O) groups excluding carboxylic acids is 1. The minimum atomic E-state index is -0.161. The summed E-state index contributed by atoms with van der Waals surface area (Å²) in [5, 5.41) is 7.69. The van der Waals surface area contributed by atoms with Gasteiger partial charge < -0.3 is 5.32 Å². The maximum absolute atomic E-state index is 12.6. The van der Waals surface area contributed by atoms with Gasteiger partial charge in [0.2, 0.25) is 5.91 Å². The van der Waals surface area contributed by atoms with E-state index >= 15 is 0 Å². The molecule has 1 amide bonds. The molecule has 0 spiro atoms. The zero-order valence-electron chi connectivity index (χ0n) is 15.3. The summed E-state index contributed by atoms with van der Waals surface area (Å²) in [6.45, 7) is 6.32. The van der Waals surface area contributed by atoms with E-state index in [0.29, 0.717) is 16.7 Å². The fourth-order valence-electron chi connectivity index (χ4n) is 2.86. The van der Waals surface area contributed by atoms with E-state index in [-0.39, 0.29) is 30.5 Å². The number of hydrogen-bond donors (Lipinski definition) is 1. The molecule has 26 heavy (non-hydrogen) atoms. The van der Waals surface area contributed by atoms with Crippen LogP contribution in [0.5, 0.6) is 0 Å². The number of carbonyl (C=O) groups is 1. The van der Waals surface area contributed by atoms with Crippen LogP contribution in [0.25, 0.3) is 10.9 Å². The molecule has 1 atom stereocenters. The zero-order chi connectivity index (χ0) is 18.7. The van der Waals surface area contributed by atoms with Crippen molar-refractivity contribution in [2.45, 2.75) is 46.2 Å². The highest BCUT2D eigenvalue weighted by Crippen LogP contribution is 2.16. The lowest BCUT2D eigenvalue weighted by Crippen LogP contribution is -2.24. The summed E-state index contributed by atoms with van der Waals surface area (Å²) < 4.78 is 3.28. The number of para-hydroxylation sites is 1. The number of aryl methyl sites for hydroxylation is 2. The lowest BCUT2D eigenvalue weighted by molar-refractivity contribution is -0.116. The van der Waals surface area contributed by atoms with Crippen LogP contribution in [0.1, 0.15) is 38.3 Å². The van der Waals surface area contributed by atoms with Gasteiger partial charge in [0, 0.05) is 19.0 Å². The van der Waals surface area contributed by atoms with Crippen molar-refractivity contribution < 1.29 is 4.79 Å². The Morgan fingerprint density at radius 3 is 2.88 bits per heavy atom. The summed E-state index contributed by atoms with van der Waals surface area (Å²) >= 11 is 0. The predicted molar refractivity (Wildman–Crippen MR) is 101 cm³/mol. The Morgan fingerprint density at radius 2 is 2.12 bits per heavy atom. The molecule has 0 aliphatic heterocycles. The second-order valence-corrected chi connectivity index (χ2v) is 6.43. The van der Waals surface area contributed by atoms with Crippen LogP contribution in [-0.2, 0) is 11.3 Å². The Kier molecular flexibility index (Phi) is 5.16. The van der Waals surface area contributed by atoms with Gasteiger partial charge in [-0.15, -0.1) is 0 Å². The van der Waals surface area contributed by atoms with Gasteiger partial charge in [-0.1, -0.05) is 19.1 Å². The van der Waals surface area contributed by atoms with Gasteiger partial charge in [-0.3, -0.25) is 14.2 Å². The molecule has 136 valence electrons. The van der Waals surface area contributed by atoms with Crippen LogP contribution in [0, 0.1) is 6.92 Å². The summed E-state index contributed by atoms with van der Waals surface area (Å²) in [5.41, 5.74) is 1.54. The maximum atomic E-state index is 12.6. The molecule has 1 unspecified atom stereocenters. The van der Waals surface area contributed by atoms with E-state index in [2.05, 4.69) is 22.3 Å². The van der Waals surface area contributed by atoms with Crippen LogP contribution in [0.3, 0.4) is 0 Å². The first kappa shape index (κ1) is 17.8. The van der Waals surface area contributed by atoms with E-state index in [0.717, 1.165) is 12.0 Å². The summed E-state index contributed by atoms with van der Waals surface area (Å²) in [7, 11) is 0. The third-order valence-corrected chi connectivity index (χ3v) is 4.58. The molecule has 0 aliphatic carbocycles. The number of hydrogen-bond acceptors (Lipinski definition) is 4. The van der Waals surface area contributed by atoms with E-state index < -0.39 is 0 Å². The third kappa shape index (κ3) is 3.51. The number of benzene rings is 1. The second kappa shape index (κ2) is 7.51. The first-order chi connectivity index (χ1) is 12.5. The molecular formula is C19H23N5O2. The lowest BCUT2D eigenvalue weighted by Gasteiger charge is -2.14. The largest absolute Gasteiger partial charge is 0.311 e. The van der Waals surface area contributed by atoms with Gasteiger partial charge in [0.1, 0.15) is 5.82 Å². The monoisotopic (exact) mass is 353 g/mol. The number of anilines is 1. The average molecular weight is 353 g/mol. The van der Waals surface area contributed by atoms with Gasteiger partial charge in [-0.05, 0) is 31.9 Å². The second-order valence-electron chi connectivity index (χ2n) is 6.43. The topological polar surface area (TPSA) is 81.8 Å². The molecule has 0 saturated carbocycles. The molecule has 7 nitrogen and oxygen atoms in total. The normalized spacial score (nSPS) is 12.3. The molecule has 2 heterocycles. The summed E-state index contributed by atoms with van der Waals surface area (Å²) in [6.07, 6.45) is 4.28. The van der Waals surface area contributed by atoms with Crippen molar-refractivity contribution >= 4 is 22.6 Å². The van der Waals surface area contributed by atoms with Gasteiger partial charge in [0.05, 0.1) is 29.5 Å². The van der Waals surface area contributed by atoms with Gasteiger partial charge in [-0.2, -0.15) is 5.10 Å². The lowest BCUT2D eigenvalue weighted by atomic mass is 10.1. The van der Waals surface area contributed by atoms with E-state index in [4.69, 9.17) is 0 Å². The fraction of sp³-hybridized carbons (Fsp3) is 0.368. The van der Waals surface area contributed by atoms with Crippen LogP contribution in [0.15, 0.2) is 41.6 Å². The Labute approximate surface area is 151 Å². The highest BCUT2D eigenvalue weighted by Gasteiger charge is 2.12.